The molecule has 0 bridgehead atoms. The topological polar surface area (TPSA) is 21.3 Å². The van der Waals surface area contributed by atoms with Crippen LogP contribution < -0.4 is 10.1 Å². The summed E-state index contributed by atoms with van der Waals surface area (Å²) in [6, 6.07) is 6.58. The Balaban J connectivity index is 2.01. The van der Waals surface area contributed by atoms with Crippen molar-refractivity contribution < 1.29 is 4.74 Å². The van der Waals surface area contributed by atoms with Crippen molar-refractivity contribution in [1.82, 2.24) is 5.32 Å². The summed E-state index contributed by atoms with van der Waals surface area (Å²) in [7, 11) is 0. The summed E-state index contributed by atoms with van der Waals surface area (Å²) >= 11 is 0. The van der Waals surface area contributed by atoms with Gasteiger partial charge in [-0.05, 0) is 18.4 Å². The SMILES string of the molecule is c1cc2c(c(C3CNC3)c1)OCCC2. The Hall–Kier alpha value is -1.02. The lowest BCUT2D eigenvalue weighted by molar-refractivity contribution is 0.279. The van der Waals surface area contributed by atoms with Crippen molar-refractivity contribution in [2.75, 3.05) is 19.7 Å². The molecule has 0 radical (unpaired) electrons. The molecule has 0 aromatic heterocycles. The zero-order valence-electron chi connectivity index (χ0n) is 8.25. The molecule has 2 aliphatic rings. The Kier molecular flexibility index (Phi) is 1.95. The third kappa shape index (κ3) is 1.22. The Labute approximate surface area is 84.3 Å². The number of aryl methyl sites for hydroxylation is 1. The van der Waals surface area contributed by atoms with Crippen LogP contribution in [0.4, 0.5) is 0 Å². The second kappa shape index (κ2) is 3.28. The van der Waals surface area contributed by atoms with Gasteiger partial charge in [0.1, 0.15) is 5.75 Å². The first kappa shape index (κ1) is 8.30. The molecule has 2 heteroatoms. The van der Waals surface area contributed by atoms with Crippen LogP contribution in [0.5, 0.6) is 5.75 Å². The molecular formula is C12H15NO. The highest BCUT2D eigenvalue weighted by molar-refractivity contribution is 5.45. The van der Waals surface area contributed by atoms with Gasteiger partial charge in [-0.2, -0.15) is 0 Å². The van der Waals surface area contributed by atoms with Crippen LogP contribution in [0.1, 0.15) is 23.5 Å². The van der Waals surface area contributed by atoms with Gasteiger partial charge in [0.2, 0.25) is 0 Å². The van der Waals surface area contributed by atoms with Crippen molar-refractivity contribution in [1.29, 1.82) is 0 Å². The summed E-state index contributed by atoms with van der Waals surface area (Å²) in [6.07, 6.45) is 2.35. The van der Waals surface area contributed by atoms with Crippen LogP contribution in [-0.2, 0) is 6.42 Å². The fourth-order valence-corrected chi connectivity index (χ4v) is 2.24. The normalized spacial score (nSPS) is 20.9. The predicted octanol–water partition coefficient (Wildman–Crippen LogP) is 1.70. The molecule has 1 N–H and O–H groups in total. The van der Waals surface area contributed by atoms with Crippen LogP contribution in [0.3, 0.4) is 0 Å². The molecule has 1 aromatic carbocycles. The molecule has 1 fully saturated rings. The molecule has 1 saturated heterocycles. The number of hydrogen-bond acceptors (Lipinski definition) is 2. The lowest BCUT2D eigenvalue weighted by Crippen LogP contribution is -2.40. The minimum Gasteiger partial charge on any atom is -0.493 e. The molecule has 0 saturated carbocycles. The van der Waals surface area contributed by atoms with Gasteiger partial charge in [-0.3, -0.25) is 0 Å². The van der Waals surface area contributed by atoms with Gasteiger partial charge < -0.3 is 10.1 Å². The quantitative estimate of drug-likeness (QED) is 0.726. The summed E-state index contributed by atoms with van der Waals surface area (Å²) in [6.45, 7) is 3.11. The van der Waals surface area contributed by atoms with E-state index in [0.717, 1.165) is 19.7 Å². The lowest BCUT2D eigenvalue weighted by atomic mass is 9.90. The number of fused-ring (bicyclic) bond motifs is 1. The van der Waals surface area contributed by atoms with E-state index >= 15 is 0 Å². The number of ether oxygens (including phenoxy) is 1. The molecule has 0 spiro atoms. The standard InChI is InChI=1S/C12H15NO/c1-3-9-4-2-6-14-12(9)11(5-1)10-7-13-8-10/h1,3,5,10,13H,2,4,6-8H2. The largest absolute Gasteiger partial charge is 0.493 e. The molecule has 2 aliphatic heterocycles. The molecule has 1 aromatic rings. The van der Waals surface area contributed by atoms with E-state index in [4.69, 9.17) is 4.74 Å². The van der Waals surface area contributed by atoms with Crippen molar-refractivity contribution in [3.8, 4) is 5.75 Å². The molecule has 2 heterocycles. The van der Waals surface area contributed by atoms with Crippen molar-refractivity contribution in [2.24, 2.45) is 0 Å². The van der Waals surface area contributed by atoms with E-state index < -0.39 is 0 Å². The minimum absolute atomic E-state index is 0.683. The molecular weight excluding hydrogens is 174 g/mol. The van der Waals surface area contributed by atoms with E-state index in [9.17, 15) is 0 Å². The Morgan fingerprint density at radius 3 is 3.00 bits per heavy atom. The van der Waals surface area contributed by atoms with Crippen molar-refractivity contribution >= 4 is 0 Å². The first-order chi connectivity index (χ1) is 6.95. The molecule has 0 unspecified atom stereocenters. The molecule has 0 aliphatic carbocycles. The van der Waals surface area contributed by atoms with Gasteiger partial charge in [-0.25, -0.2) is 0 Å². The number of para-hydroxylation sites is 1. The molecule has 14 heavy (non-hydrogen) atoms. The summed E-state index contributed by atoms with van der Waals surface area (Å²) in [4.78, 5) is 0. The van der Waals surface area contributed by atoms with E-state index in [1.54, 1.807) is 0 Å². The number of benzene rings is 1. The molecule has 2 nitrogen and oxygen atoms in total. The van der Waals surface area contributed by atoms with E-state index in [2.05, 4.69) is 23.5 Å². The maximum absolute atomic E-state index is 5.78. The van der Waals surface area contributed by atoms with Gasteiger partial charge >= 0.3 is 0 Å². The first-order valence-electron chi connectivity index (χ1n) is 5.40. The highest BCUT2D eigenvalue weighted by Gasteiger charge is 2.24. The van der Waals surface area contributed by atoms with Gasteiger partial charge in [0.25, 0.3) is 0 Å². The van der Waals surface area contributed by atoms with Crippen LogP contribution in [0.2, 0.25) is 0 Å². The predicted molar refractivity (Wildman–Crippen MR) is 55.9 cm³/mol. The second-order valence-electron chi connectivity index (χ2n) is 4.14. The maximum Gasteiger partial charge on any atom is 0.126 e. The summed E-state index contributed by atoms with van der Waals surface area (Å²) in [5.41, 5.74) is 2.82. The smallest absolute Gasteiger partial charge is 0.126 e. The summed E-state index contributed by atoms with van der Waals surface area (Å²) < 4.78 is 5.78. The highest BCUT2D eigenvalue weighted by Crippen LogP contribution is 2.35. The number of nitrogens with one attached hydrogen (secondary N) is 1. The fraction of sp³-hybridized carbons (Fsp3) is 0.500. The maximum atomic E-state index is 5.78. The Bertz CT molecular complexity index is 344. The average molecular weight is 189 g/mol. The number of hydrogen-bond donors (Lipinski definition) is 1. The van der Waals surface area contributed by atoms with E-state index in [1.165, 1.54) is 29.7 Å². The van der Waals surface area contributed by atoms with Gasteiger partial charge in [0.05, 0.1) is 6.61 Å². The average Bonchev–Trinajstić information content (AvgIpc) is 2.16. The summed E-state index contributed by atoms with van der Waals surface area (Å²) in [5.74, 6) is 1.87. The van der Waals surface area contributed by atoms with Crippen LogP contribution in [0, 0.1) is 0 Å². The number of rotatable bonds is 1. The van der Waals surface area contributed by atoms with Crippen LogP contribution in [0.15, 0.2) is 18.2 Å². The van der Waals surface area contributed by atoms with E-state index in [1.807, 2.05) is 0 Å². The van der Waals surface area contributed by atoms with E-state index in [-0.39, 0.29) is 0 Å². The first-order valence-corrected chi connectivity index (χ1v) is 5.40. The van der Waals surface area contributed by atoms with Crippen molar-refractivity contribution in [3.05, 3.63) is 29.3 Å². The Morgan fingerprint density at radius 2 is 2.21 bits per heavy atom. The molecule has 74 valence electrons. The highest BCUT2D eigenvalue weighted by atomic mass is 16.5. The van der Waals surface area contributed by atoms with E-state index in [0.29, 0.717) is 5.92 Å². The van der Waals surface area contributed by atoms with Crippen LogP contribution >= 0.6 is 0 Å². The fourth-order valence-electron chi connectivity index (χ4n) is 2.24. The molecule has 0 atom stereocenters. The van der Waals surface area contributed by atoms with Gasteiger partial charge in [0.15, 0.2) is 0 Å². The van der Waals surface area contributed by atoms with Gasteiger partial charge in [-0.1, -0.05) is 18.2 Å². The van der Waals surface area contributed by atoms with Crippen molar-refractivity contribution in [3.63, 3.8) is 0 Å². The van der Waals surface area contributed by atoms with Crippen molar-refractivity contribution in [2.45, 2.75) is 18.8 Å². The molecule has 0 amide bonds. The zero-order chi connectivity index (χ0) is 9.38. The molecule has 3 rings (SSSR count). The monoisotopic (exact) mass is 189 g/mol. The lowest BCUT2D eigenvalue weighted by Gasteiger charge is -2.31. The minimum atomic E-state index is 0.683. The summed E-state index contributed by atoms with van der Waals surface area (Å²) in [5, 5.41) is 3.31. The van der Waals surface area contributed by atoms with Crippen LogP contribution in [0.25, 0.3) is 0 Å². The zero-order valence-corrected chi connectivity index (χ0v) is 8.25. The third-order valence-electron chi connectivity index (χ3n) is 3.19. The second-order valence-corrected chi connectivity index (χ2v) is 4.14. The Morgan fingerprint density at radius 1 is 1.29 bits per heavy atom. The van der Waals surface area contributed by atoms with Crippen LogP contribution in [-0.4, -0.2) is 19.7 Å². The third-order valence-corrected chi connectivity index (χ3v) is 3.19. The van der Waals surface area contributed by atoms with Gasteiger partial charge in [0, 0.05) is 24.6 Å². The van der Waals surface area contributed by atoms with Gasteiger partial charge in [-0.15, -0.1) is 0 Å².